The van der Waals surface area contributed by atoms with Crippen LogP contribution in [0.1, 0.15) is 12.1 Å². The molecule has 6 heteroatoms. The number of imidazole rings is 1. The number of nitrogens with zero attached hydrogens (tertiary/aromatic N) is 3. The van der Waals surface area contributed by atoms with Crippen molar-refractivity contribution in [1.29, 1.82) is 0 Å². The Bertz CT molecular complexity index is 516. The molecule has 1 fully saturated rings. The monoisotopic (exact) mass is 253 g/mol. The second-order valence-corrected chi connectivity index (χ2v) is 5.10. The summed E-state index contributed by atoms with van der Waals surface area (Å²) in [5, 5.41) is 11.5. The first-order valence-corrected chi connectivity index (χ1v) is 6.55. The van der Waals surface area contributed by atoms with Crippen molar-refractivity contribution in [3.63, 3.8) is 0 Å². The standard InChI is InChI=1S/C11H15N3O2S/c1-13(8-2-4-16-7-8)10-9(6-15)14-3-5-17-11(14)12-10/h3,5,8,15H,2,4,6-7H2,1H3. The van der Waals surface area contributed by atoms with Crippen molar-refractivity contribution in [1.82, 2.24) is 9.38 Å². The van der Waals surface area contributed by atoms with Gasteiger partial charge in [-0.05, 0) is 6.42 Å². The largest absolute Gasteiger partial charge is 0.390 e. The van der Waals surface area contributed by atoms with E-state index in [1.54, 1.807) is 11.3 Å². The van der Waals surface area contributed by atoms with Crippen molar-refractivity contribution >= 4 is 22.1 Å². The van der Waals surface area contributed by atoms with Crippen LogP contribution in [0.15, 0.2) is 11.6 Å². The van der Waals surface area contributed by atoms with Crippen LogP contribution in [-0.2, 0) is 11.3 Å². The Morgan fingerprint density at radius 2 is 2.59 bits per heavy atom. The molecule has 3 rings (SSSR count). The Hall–Kier alpha value is -1.11. The van der Waals surface area contributed by atoms with Gasteiger partial charge < -0.3 is 14.7 Å². The van der Waals surface area contributed by atoms with Crippen molar-refractivity contribution in [2.75, 3.05) is 25.2 Å². The molecular weight excluding hydrogens is 238 g/mol. The van der Waals surface area contributed by atoms with Gasteiger partial charge in [-0.15, -0.1) is 11.3 Å². The van der Waals surface area contributed by atoms with Gasteiger partial charge >= 0.3 is 0 Å². The zero-order valence-corrected chi connectivity index (χ0v) is 10.5. The Kier molecular flexibility index (Phi) is 2.78. The van der Waals surface area contributed by atoms with Crippen LogP contribution in [0, 0.1) is 0 Å². The van der Waals surface area contributed by atoms with Crippen molar-refractivity contribution in [3.05, 3.63) is 17.3 Å². The van der Waals surface area contributed by atoms with Crippen molar-refractivity contribution in [2.45, 2.75) is 19.1 Å². The molecule has 1 aliphatic heterocycles. The van der Waals surface area contributed by atoms with Gasteiger partial charge in [-0.3, -0.25) is 4.40 Å². The third-order valence-electron chi connectivity index (χ3n) is 3.28. The van der Waals surface area contributed by atoms with Crippen LogP contribution in [0.2, 0.25) is 0 Å². The van der Waals surface area contributed by atoms with Crippen LogP contribution in [-0.4, -0.2) is 40.8 Å². The maximum absolute atomic E-state index is 9.50. The highest BCUT2D eigenvalue weighted by Crippen LogP contribution is 2.26. The summed E-state index contributed by atoms with van der Waals surface area (Å²) in [5.74, 6) is 0.870. The molecule has 3 heterocycles. The highest BCUT2D eigenvalue weighted by molar-refractivity contribution is 7.15. The summed E-state index contributed by atoms with van der Waals surface area (Å²) in [4.78, 5) is 7.63. The number of hydrogen-bond acceptors (Lipinski definition) is 5. The van der Waals surface area contributed by atoms with E-state index < -0.39 is 0 Å². The average Bonchev–Trinajstić information content (AvgIpc) is 3.03. The van der Waals surface area contributed by atoms with Crippen molar-refractivity contribution in [2.24, 2.45) is 0 Å². The summed E-state index contributed by atoms with van der Waals surface area (Å²) in [6.45, 7) is 1.56. The summed E-state index contributed by atoms with van der Waals surface area (Å²) in [6.07, 6.45) is 2.97. The summed E-state index contributed by atoms with van der Waals surface area (Å²) >= 11 is 1.58. The molecule has 0 aliphatic carbocycles. The van der Waals surface area contributed by atoms with Gasteiger partial charge in [-0.25, -0.2) is 4.98 Å². The first-order chi connectivity index (χ1) is 8.31. The fourth-order valence-corrected chi connectivity index (χ4v) is 2.98. The van der Waals surface area contributed by atoms with Gasteiger partial charge in [0.05, 0.1) is 24.9 Å². The van der Waals surface area contributed by atoms with E-state index in [0.717, 1.165) is 36.1 Å². The minimum absolute atomic E-state index is 0.00511. The molecule has 0 bridgehead atoms. The van der Waals surface area contributed by atoms with E-state index in [-0.39, 0.29) is 6.61 Å². The molecule has 0 aromatic carbocycles. The molecule has 92 valence electrons. The molecule has 1 saturated heterocycles. The van der Waals surface area contributed by atoms with Crippen LogP contribution >= 0.6 is 11.3 Å². The lowest BCUT2D eigenvalue weighted by Crippen LogP contribution is -2.32. The maximum atomic E-state index is 9.50. The molecule has 17 heavy (non-hydrogen) atoms. The molecule has 5 nitrogen and oxygen atoms in total. The Balaban J connectivity index is 2.00. The van der Waals surface area contributed by atoms with E-state index in [1.807, 2.05) is 23.0 Å². The average molecular weight is 253 g/mol. The molecule has 0 spiro atoms. The fraction of sp³-hybridized carbons (Fsp3) is 0.545. The first-order valence-electron chi connectivity index (χ1n) is 5.67. The van der Waals surface area contributed by atoms with E-state index in [4.69, 9.17) is 4.74 Å². The van der Waals surface area contributed by atoms with Gasteiger partial charge in [0.25, 0.3) is 0 Å². The normalized spacial score (nSPS) is 20.2. The smallest absolute Gasteiger partial charge is 0.195 e. The SMILES string of the molecule is CN(c1nc2sccn2c1CO)C1CCOC1. The Labute approximate surface area is 103 Å². The van der Waals surface area contributed by atoms with Gasteiger partial charge in [0.2, 0.25) is 0 Å². The summed E-state index contributed by atoms with van der Waals surface area (Å²) < 4.78 is 7.34. The summed E-state index contributed by atoms with van der Waals surface area (Å²) in [7, 11) is 2.02. The lowest BCUT2D eigenvalue weighted by atomic mass is 10.2. The second-order valence-electron chi connectivity index (χ2n) is 4.22. The molecule has 1 atom stereocenters. The number of hydrogen-bond donors (Lipinski definition) is 1. The van der Waals surface area contributed by atoms with E-state index in [2.05, 4.69) is 9.88 Å². The van der Waals surface area contributed by atoms with Crippen LogP contribution < -0.4 is 4.90 Å². The predicted octanol–water partition coefficient (Wildman–Crippen LogP) is 1.11. The number of thiazole rings is 1. The molecule has 0 radical (unpaired) electrons. The quantitative estimate of drug-likeness (QED) is 0.890. The lowest BCUT2D eigenvalue weighted by Gasteiger charge is -2.23. The molecule has 2 aromatic rings. The minimum atomic E-state index is 0.00511. The summed E-state index contributed by atoms with van der Waals surface area (Å²) in [6, 6.07) is 0.366. The highest BCUT2D eigenvalue weighted by Gasteiger charge is 2.25. The summed E-state index contributed by atoms with van der Waals surface area (Å²) in [5.41, 5.74) is 0.857. The molecular formula is C11H15N3O2S. The number of anilines is 1. The second kappa shape index (κ2) is 4.29. The maximum Gasteiger partial charge on any atom is 0.195 e. The number of ether oxygens (including phenoxy) is 1. The molecule has 1 N–H and O–H groups in total. The number of likely N-dealkylation sites (N-methyl/N-ethyl adjacent to an activating group) is 1. The predicted molar refractivity (Wildman–Crippen MR) is 66.6 cm³/mol. The Morgan fingerprint density at radius 1 is 1.71 bits per heavy atom. The molecule has 0 saturated carbocycles. The van der Waals surface area contributed by atoms with E-state index in [9.17, 15) is 5.11 Å². The van der Waals surface area contributed by atoms with Gasteiger partial charge in [0.1, 0.15) is 0 Å². The lowest BCUT2D eigenvalue weighted by molar-refractivity contribution is 0.193. The van der Waals surface area contributed by atoms with E-state index in [0.29, 0.717) is 6.04 Å². The number of aliphatic hydroxyl groups excluding tert-OH is 1. The van der Waals surface area contributed by atoms with Crippen LogP contribution in [0.4, 0.5) is 5.82 Å². The molecule has 2 aromatic heterocycles. The molecule has 1 unspecified atom stereocenters. The van der Waals surface area contributed by atoms with Gasteiger partial charge in [0, 0.05) is 25.2 Å². The van der Waals surface area contributed by atoms with E-state index in [1.165, 1.54) is 0 Å². The van der Waals surface area contributed by atoms with Crippen molar-refractivity contribution in [3.8, 4) is 0 Å². The fourth-order valence-electron chi connectivity index (χ4n) is 2.25. The molecule has 0 amide bonds. The highest BCUT2D eigenvalue weighted by atomic mass is 32.1. The van der Waals surface area contributed by atoms with Gasteiger partial charge in [-0.2, -0.15) is 0 Å². The van der Waals surface area contributed by atoms with Crippen molar-refractivity contribution < 1.29 is 9.84 Å². The topological polar surface area (TPSA) is 50.0 Å². The van der Waals surface area contributed by atoms with Crippen LogP contribution in [0.3, 0.4) is 0 Å². The Morgan fingerprint density at radius 3 is 3.29 bits per heavy atom. The zero-order valence-electron chi connectivity index (χ0n) is 9.67. The van der Waals surface area contributed by atoms with Gasteiger partial charge in [0.15, 0.2) is 10.8 Å². The van der Waals surface area contributed by atoms with Crippen LogP contribution in [0.5, 0.6) is 0 Å². The zero-order chi connectivity index (χ0) is 11.8. The number of rotatable bonds is 3. The number of fused-ring (bicyclic) bond motifs is 1. The third-order valence-corrected chi connectivity index (χ3v) is 4.03. The number of aromatic nitrogens is 2. The van der Waals surface area contributed by atoms with E-state index >= 15 is 0 Å². The molecule has 1 aliphatic rings. The minimum Gasteiger partial charge on any atom is -0.390 e. The van der Waals surface area contributed by atoms with Gasteiger partial charge in [-0.1, -0.05) is 0 Å². The third kappa shape index (κ3) is 1.72. The van der Waals surface area contributed by atoms with Crippen LogP contribution in [0.25, 0.3) is 4.96 Å². The number of aliphatic hydroxyl groups is 1. The first kappa shape index (κ1) is 11.0.